The Hall–Kier alpha value is -1.34. The molecule has 1 aromatic carbocycles. The van der Waals surface area contributed by atoms with Gasteiger partial charge in [0, 0.05) is 11.1 Å². The molecule has 1 aliphatic rings. The van der Waals surface area contributed by atoms with Gasteiger partial charge >= 0.3 is 0 Å². The molecule has 2 rings (SSSR count). The molecule has 72 valence electrons. The second-order valence-corrected chi connectivity index (χ2v) is 4.25. The highest BCUT2D eigenvalue weighted by molar-refractivity contribution is 5.50. The Labute approximate surface area is 85.6 Å². The van der Waals surface area contributed by atoms with Gasteiger partial charge in [-0.3, -0.25) is 4.48 Å². The van der Waals surface area contributed by atoms with Crippen LogP contribution in [0.15, 0.2) is 54.6 Å². The lowest BCUT2D eigenvalue weighted by molar-refractivity contribution is 0.424. The van der Waals surface area contributed by atoms with Crippen molar-refractivity contribution in [2.24, 2.45) is 0 Å². The molecule has 1 heterocycles. The fraction of sp³-hybridized carbons (Fsp3) is 0.231. The van der Waals surface area contributed by atoms with Crippen LogP contribution >= 0.6 is 0 Å². The Morgan fingerprint density at radius 1 is 1.00 bits per heavy atom. The van der Waals surface area contributed by atoms with Crippen LogP contribution in [0.25, 0.3) is 0 Å². The van der Waals surface area contributed by atoms with Gasteiger partial charge in [0.1, 0.15) is 18.8 Å². The Kier molecular flexibility index (Phi) is 2.05. The molecule has 0 N–H and O–H groups in total. The predicted molar refractivity (Wildman–Crippen MR) is 62.2 cm³/mol. The van der Waals surface area contributed by atoms with E-state index in [2.05, 4.69) is 50.5 Å². The first-order valence-corrected chi connectivity index (χ1v) is 4.88. The fourth-order valence-corrected chi connectivity index (χ4v) is 2.09. The molecule has 0 radical (unpaired) electrons. The van der Waals surface area contributed by atoms with Crippen molar-refractivity contribution in [1.29, 1.82) is 0 Å². The highest BCUT2D eigenvalue weighted by Crippen LogP contribution is 2.31. The van der Waals surface area contributed by atoms with Crippen LogP contribution in [0.1, 0.15) is 0 Å². The number of hydrogen-bond donors (Lipinski definition) is 0. The average molecular weight is 186 g/mol. The number of likely N-dealkylation sites (N-methyl/N-ethyl adjacent to an activating group) is 1. The third-order valence-electron chi connectivity index (χ3n) is 2.96. The second-order valence-electron chi connectivity index (χ2n) is 4.25. The van der Waals surface area contributed by atoms with E-state index in [1.807, 2.05) is 0 Å². The quantitative estimate of drug-likeness (QED) is 0.592. The molecule has 0 bridgehead atoms. The van der Waals surface area contributed by atoms with Crippen molar-refractivity contribution in [3.05, 3.63) is 54.6 Å². The maximum Gasteiger partial charge on any atom is 0.133 e. The second kappa shape index (κ2) is 3.10. The fourth-order valence-electron chi connectivity index (χ4n) is 2.09. The zero-order chi connectivity index (χ0) is 10.2. The van der Waals surface area contributed by atoms with E-state index in [1.54, 1.807) is 0 Å². The van der Waals surface area contributed by atoms with Gasteiger partial charge in [-0.1, -0.05) is 31.4 Å². The summed E-state index contributed by atoms with van der Waals surface area (Å²) in [6, 6.07) is 10.6. The van der Waals surface area contributed by atoms with Crippen LogP contribution in [0.3, 0.4) is 0 Å². The molecule has 1 aromatic rings. The van der Waals surface area contributed by atoms with Crippen LogP contribution in [0, 0.1) is 0 Å². The van der Waals surface area contributed by atoms with Crippen LogP contribution in [0.4, 0.5) is 5.69 Å². The number of para-hydroxylation sites is 1. The van der Waals surface area contributed by atoms with E-state index in [1.165, 1.54) is 16.8 Å². The highest BCUT2D eigenvalue weighted by Gasteiger charge is 2.34. The summed E-state index contributed by atoms with van der Waals surface area (Å²) in [6.07, 6.45) is 0. The van der Waals surface area contributed by atoms with Crippen molar-refractivity contribution < 1.29 is 0 Å². The van der Waals surface area contributed by atoms with E-state index in [0.717, 1.165) is 17.6 Å². The topological polar surface area (TPSA) is 0 Å². The lowest BCUT2D eigenvalue weighted by Gasteiger charge is -2.27. The summed E-state index contributed by atoms with van der Waals surface area (Å²) in [6.45, 7) is 10.1. The van der Waals surface area contributed by atoms with Crippen molar-refractivity contribution in [2.75, 3.05) is 20.1 Å². The molecule has 1 nitrogen and oxygen atoms in total. The van der Waals surface area contributed by atoms with E-state index >= 15 is 0 Å². The predicted octanol–water partition coefficient (Wildman–Crippen LogP) is 2.75. The number of quaternary nitrogens is 1. The Morgan fingerprint density at radius 2 is 1.50 bits per heavy atom. The first kappa shape index (κ1) is 9.22. The first-order chi connectivity index (χ1) is 6.62. The number of likely N-dealkylation sites (tertiary alicyclic amines) is 1. The van der Waals surface area contributed by atoms with E-state index in [-0.39, 0.29) is 0 Å². The monoisotopic (exact) mass is 186 g/mol. The lowest BCUT2D eigenvalue weighted by Crippen LogP contribution is -2.41. The number of rotatable bonds is 1. The van der Waals surface area contributed by atoms with Gasteiger partial charge in [-0.25, -0.2) is 0 Å². The summed E-state index contributed by atoms with van der Waals surface area (Å²) in [5.74, 6) is 0. The zero-order valence-corrected chi connectivity index (χ0v) is 8.66. The van der Waals surface area contributed by atoms with E-state index in [0.29, 0.717) is 0 Å². The summed E-state index contributed by atoms with van der Waals surface area (Å²) >= 11 is 0. The SMILES string of the molecule is C=C1C[N+](C)(c2ccccc2)CC1=C. The standard InChI is InChI=1S/C13H16N/c1-11-9-14(3,10-12(11)2)13-7-5-4-6-8-13/h4-8H,1-2,9-10H2,3H3/q+1. The molecule has 1 heteroatoms. The lowest BCUT2D eigenvalue weighted by atomic mass is 10.2. The first-order valence-electron chi connectivity index (χ1n) is 4.88. The molecule has 1 aliphatic heterocycles. The van der Waals surface area contributed by atoms with Crippen molar-refractivity contribution in [2.45, 2.75) is 0 Å². The van der Waals surface area contributed by atoms with E-state index in [9.17, 15) is 0 Å². The van der Waals surface area contributed by atoms with Gasteiger partial charge in [0.25, 0.3) is 0 Å². The van der Waals surface area contributed by atoms with Crippen molar-refractivity contribution in [3.63, 3.8) is 0 Å². The van der Waals surface area contributed by atoms with Crippen LogP contribution in [-0.2, 0) is 0 Å². The minimum absolute atomic E-state index is 0.915. The van der Waals surface area contributed by atoms with E-state index < -0.39 is 0 Å². The minimum Gasteiger partial charge on any atom is -0.286 e. The summed E-state index contributed by atoms with van der Waals surface area (Å²) in [5, 5.41) is 0. The van der Waals surface area contributed by atoms with Gasteiger partial charge in [0.15, 0.2) is 0 Å². The van der Waals surface area contributed by atoms with Crippen molar-refractivity contribution >= 4 is 5.69 Å². The smallest absolute Gasteiger partial charge is 0.133 e. The number of nitrogens with zero attached hydrogens (tertiary/aromatic N) is 1. The third-order valence-corrected chi connectivity index (χ3v) is 2.96. The number of hydrogen-bond acceptors (Lipinski definition) is 0. The molecule has 14 heavy (non-hydrogen) atoms. The summed E-state index contributed by atoms with van der Waals surface area (Å²) in [4.78, 5) is 0. The number of benzene rings is 1. The molecule has 0 unspecified atom stereocenters. The zero-order valence-electron chi connectivity index (χ0n) is 8.66. The normalized spacial score (nSPS) is 20.1. The molecule has 0 aliphatic carbocycles. The maximum atomic E-state index is 4.04. The van der Waals surface area contributed by atoms with Crippen LogP contribution in [0.5, 0.6) is 0 Å². The molecule has 0 aromatic heterocycles. The highest BCUT2D eigenvalue weighted by atomic mass is 15.3. The van der Waals surface area contributed by atoms with Gasteiger partial charge in [0.05, 0.1) is 7.05 Å². The van der Waals surface area contributed by atoms with Crippen LogP contribution < -0.4 is 4.48 Å². The Balaban J connectivity index is 2.36. The molecule has 0 atom stereocenters. The van der Waals surface area contributed by atoms with Gasteiger partial charge in [-0.2, -0.15) is 0 Å². The molecule has 1 fully saturated rings. The molecular formula is C13H16N+. The van der Waals surface area contributed by atoms with Crippen LogP contribution in [0.2, 0.25) is 0 Å². The van der Waals surface area contributed by atoms with Gasteiger partial charge in [-0.15, -0.1) is 0 Å². The minimum atomic E-state index is 0.915. The molecular weight excluding hydrogens is 170 g/mol. The molecule has 1 saturated heterocycles. The Bertz CT molecular complexity index is 359. The summed E-state index contributed by atoms with van der Waals surface area (Å²) < 4.78 is 0.915. The van der Waals surface area contributed by atoms with Crippen LogP contribution in [-0.4, -0.2) is 20.1 Å². The molecule has 0 spiro atoms. The largest absolute Gasteiger partial charge is 0.286 e. The average Bonchev–Trinajstić information content (AvgIpc) is 2.44. The molecule has 0 amide bonds. The summed E-state index contributed by atoms with van der Waals surface area (Å²) in [7, 11) is 2.23. The Morgan fingerprint density at radius 3 is 2.00 bits per heavy atom. The van der Waals surface area contributed by atoms with Gasteiger partial charge < -0.3 is 0 Å². The third kappa shape index (κ3) is 1.40. The van der Waals surface area contributed by atoms with Crippen molar-refractivity contribution in [3.8, 4) is 0 Å². The van der Waals surface area contributed by atoms with Gasteiger partial charge in [0.2, 0.25) is 0 Å². The van der Waals surface area contributed by atoms with E-state index in [4.69, 9.17) is 0 Å². The van der Waals surface area contributed by atoms with Crippen molar-refractivity contribution in [1.82, 2.24) is 4.48 Å². The molecule has 0 saturated carbocycles. The summed E-state index contributed by atoms with van der Waals surface area (Å²) in [5.41, 5.74) is 3.72. The maximum absolute atomic E-state index is 4.04. The van der Waals surface area contributed by atoms with Gasteiger partial charge in [-0.05, 0) is 12.1 Å².